The van der Waals surface area contributed by atoms with Gasteiger partial charge in [-0.25, -0.2) is 0 Å². The van der Waals surface area contributed by atoms with Gasteiger partial charge in [0, 0.05) is 17.0 Å². The molecule has 1 radical (unpaired) electrons. The van der Waals surface area contributed by atoms with E-state index < -0.39 is 0 Å². The Hall–Kier alpha value is -1.35. The van der Waals surface area contributed by atoms with E-state index in [2.05, 4.69) is 16.6 Å². The lowest BCUT2D eigenvalue weighted by Crippen LogP contribution is -2.07. The maximum Gasteiger partial charge on any atom is 0.226 e. The second-order valence-corrected chi connectivity index (χ2v) is 5.81. The zero-order valence-electron chi connectivity index (χ0n) is 11.4. The molecular formula is C16H18ClN2O. The van der Waals surface area contributed by atoms with E-state index in [0.29, 0.717) is 10.8 Å². The molecule has 0 aliphatic heterocycles. The van der Waals surface area contributed by atoms with Gasteiger partial charge in [-0.3, -0.25) is 0 Å². The Balaban J connectivity index is 1.61. The van der Waals surface area contributed by atoms with Gasteiger partial charge in [0.15, 0.2) is 0 Å². The van der Waals surface area contributed by atoms with E-state index in [4.69, 9.17) is 16.1 Å². The van der Waals surface area contributed by atoms with Gasteiger partial charge in [0.2, 0.25) is 11.7 Å². The largest absolute Gasteiger partial charge is 0.339 e. The van der Waals surface area contributed by atoms with Gasteiger partial charge < -0.3 is 4.52 Å². The van der Waals surface area contributed by atoms with E-state index in [1.54, 1.807) is 0 Å². The average Bonchev–Trinajstić information content (AvgIpc) is 2.95. The average molecular weight is 290 g/mol. The molecule has 3 rings (SSSR count). The summed E-state index contributed by atoms with van der Waals surface area (Å²) in [5.74, 6) is 2.16. The molecule has 0 spiro atoms. The molecule has 0 bridgehead atoms. The van der Waals surface area contributed by atoms with Crippen molar-refractivity contribution in [1.29, 1.82) is 0 Å². The van der Waals surface area contributed by atoms with Gasteiger partial charge in [-0.15, -0.1) is 0 Å². The number of halogens is 1. The fraction of sp³-hybridized carbons (Fsp3) is 0.438. The monoisotopic (exact) mass is 289 g/mol. The van der Waals surface area contributed by atoms with E-state index in [1.165, 1.54) is 25.7 Å². The molecule has 0 saturated heterocycles. The van der Waals surface area contributed by atoms with Gasteiger partial charge in [-0.05, 0) is 43.7 Å². The van der Waals surface area contributed by atoms with Crippen molar-refractivity contribution in [1.82, 2.24) is 10.1 Å². The maximum absolute atomic E-state index is 5.98. The zero-order chi connectivity index (χ0) is 13.8. The third-order valence-corrected chi connectivity index (χ3v) is 4.11. The first-order chi connectivity index (χ1) is 9.81. The van der Waals surface area contributed by atoms with Crippen LogP contribution in [-0.4, -0.2) is 10.1 Å². The minimum atomic E-state index is 0.625. The predicted octanol–water partition coefficient (Wildman–Crippen LogP) is 4.72. The van der Waals surface area contributed by atoms with Crippen molar-refractivity contribution in [2.24, 2.45) is 5.92 Å². The van der Waals surface area contributed by atoms with Crippen LogP contribution in [0.25, 0.3) is 11.4 Å². The summed E-state index contributed by atoms with van der Waals surface area (Å²) in [4.78, 5) is 4.46. The van der Waals surface area contributed by atoms with Crippen molar-refractivity contribution in [3.63, 3.8) is 0 Å². The minimum Gasteiger partial charge on any atom is -0.339 e. The van der Waals surface area contributed by atoms with Crippen LogP contribution < -0.4 is 0 Å². The third kappa shape index (κ3) is 3.40. The zero-order valence-corrected chi connectivity index (χ0v) is 12.1. The first-order valence-electron chi connectivity index (χ1n) is 7.21. The van der Waals surface area contributed by atoms with Gasteiger partial charge in [0.1, 0.15) is 0 Å². The SMILES string of the molecule is Clc1cccc(-c2noc(CCC3CC[CH]CC3)n2)c1. The number of hydrogen-bond donors (Lipinski definition) is 0. The lowest BCUT2D eigenvalue weighted by atomic mass is 9.86. The van der Waals surface area contributed by atoms with Crippen molar-refractivity contribution >= 4 is 11.6 Å². The van der Waals surface area contributed by atoms with Crippen molar-refractivity contribution < 1.29 is 4.52 Å². The molecule has 1 saturated carbocycles. The number of aryl methyl sites for hydroxylation is 1. The molecule has 0 amide bonds. The minimum absolute atomic E-state index is 0.625. The van der Waals surface area contributed by atoms with Crippen molar-refractivity contribution in [2.45, 2.75) is 38.5 Å². The van der Waals surface area contributed by atoms with Crippen molar-refractivity contribution in [2.75, 3.05) is 0 Å². The quantitative estimate of drug-likeness (QED) is 0.817. The molecule has 1 aromatic heterocycles. The van der Waals surface area contributed by atoms with Crippen LogP contribution >= 0.6 is 11.6 Å². The molecule has 1 fully saturated rings. The smallest absolute Gasteiger partial charge is 0.226 e. The van der Waals surface area contributed by atoms with E-state index in [1.807, 2.05) is 24.3 Å². The van der Waals surface area contributed by atoms with Crippen LogP contribution in [0, 0.1) is 12.3 Å². The van der Waals surface area contributed by atoms with Crippen molar-refractivity contribution in [3.05, 3.63) is 41.6 Å². The molecule has 2 aromatic rings. The molecule has 0 unspecified atom stereocenters. The molecule has 1 aliphatic carbocycles. The Morgan fingerprint density at radius 3 is 2.90 bits per heavy atom. The first-order valence-corrected chi connectivity index (χ1v) is 7.59. The summed E-state index contributed by atoms with van der Waals surface area (Å²) in [7, 11) is 0. The summed E-state index contributed by atoms with van der Waals surface area (Å²) in [5.41, 5.74) is 0.903. The Morgan fingerprint density at radius 2 is 2.10 bits per heavy atom. The predicted molar refractivity (Wildman–Crippen MR) is 79.3 cm³/mol. The summed E-state index contributed by atoms with van der Waals surface area (Å²) in [6.07, 6.45) is 9.51. The highest BCUT2D eigenvalue weighted by Gasteiger charge is 2.15. The van der Waals surface area contributed by atoms with Gasteiger partial charge in [-0.2, -0.15) is 4.98 Å². The van der Waals surface area contributed by atoms with Gasteiger partial charge in [-0.1, -0.05) is 41.7 Å². The highest BCUT2D eigenvalue weighted by atomic mass is 35.5. The Morgan fingerprint density at radius 1 is 1.25 bits per heavy atom. The van der Waals surface area contributed by atoms with Crippen LogP contribution in [0.15, 0.2) is 28.8 Å². The summed E-state index contributed by atoms with van der Waals surface area (Å²) >= 11 is 5.98. The van der Waals surface area contributed by atoms with E-state index in [-0.39, 0.29) is 0 Å². The normalized spacial score (nSPS) is 16.4. The Bertz CT molecular complexity index is 561. The number of hydrogen-bond acceptors (Lipinski definition) is 3. The van der Waals surface area contributed by atoms with Gasteiger partial charge in [0.05, 0.1) is 0 Å². The van der Waals surface area contributed by atoms with E-state index in [9.17, 15) is 0 Å². The molecule has 1 heterocycles. The molecule has 0 N–H and O–H groups in total. The summed E-state index contributed by atoms with van der Waals surface area (Å²) < 4.78 is 5.34. The standard InChI is InChI=1S/C16H18ClN2O/c17-14-8-4-7-13(11-14)16-18-15(20-19-16)10-9-12-5-2-1-3-6-12/h1,4,7-8,11-12H,2-3,5-6,9-10H2. The topological polar surface area (TPSA) is 38.9 Å². The third-order valence-electron chi connectivity index (χ3n) is 3.88. The van der Waals surface area contributed by atoms with Crippen LogP contribution in [0.2, 0.25) is 5.02 Å². The highest BCUT2D eigenvalue weighted by molar-refractivity contribution is 6.30. The molecule has 105 valence electrons. The summed E-state index contributed by atoms with van der Waals surface area (Å²) in [6.45, 7) is 0. The number of rotatable bonds is 4. The van der Waals surface area contributed by atoms with E-state index in [0.717, 1.165) is 30.2 Å². The molecule has 0 atom stereocenters. The second kappa shape index (κ2) is 6.40. The Kier molecular flexibility index (Phi) is 4.36. The lowest BCUT2D eigenvalue weighted by Gasteiger charge is -2.20. The number of nitrogens with zero attached hydrogens (tertiary/aromatic N) is 2. The highest BCUT2D eigenvalue weighted by Crippen LogP contribution is 2.27. The van der Waals surface area contributed by atoms with Crippen LogP contribution in [0.5, 0.6) is 0 Å². The van der Waals surface area contributed by atoms with Crippen LogP contribution in [-0.2, 0) is 6.42 Å². The molecular weight excluding hydrogens is 272 g/mol. The number of benzene rings is 1. The fourth-order valence-corrected chi connectivity index (χ4v) is 2.90. The Labute approximate surface area is 124 Å². The van der Waals surface area contributed by atoms with Crippen LogP contribution in [0.4, 0.5) is 0 Å². The summed E-state index contributed by atoms with van der Waals surface area (Å²) in [5, 5.41) is 4.73. The molecule has 4 heteroatoms. The molecule has 1 aromatic carbocycles. The van der Waals surface area contributed by atoms with Crippen molar-refractivity contribution in [3.8, 4) is 11.4 Å². The molecule has 20 heavy (non-hydrogen) atoms. The lowest BCUT2D eigenvalue weighted by molar-refractivity contribution is 0.336. The molecule has 1 aliphatic rings. The van der Waals surface area contributed by atoms with Crippen LogP contribution in [0.3, 0.4) is 0 Å². The van der Waals surface area contributed by atoms with Gasteiger partial charge in [0.25, 0.3) is 0 Å². The maximum atomic E-state index is 5.98. The second-order valence-electron chi connectivity index (χ2n) is 5.37. The summed E-state index contributed by atoms with van der Waals surface area (Å²) in [6, 6.07) is 7.53. The fourth-order valence-electron chi connectivity index (χ4n) is 2.71. The van der Waals surface area contributed by atoms with E-state index >= 15 is 0 Å². The molecule has 3 nitrogen and oxygen atoms in total. The first kappa shape index (κ1) is 13.6. The van der Waals surface area contributed by atoms with Gasteiger partial charge >= 0.3 is 0 Å². The van der Waals surface area contributed by atoms with Crippen LogP contribution in [0.1, 0.15) is 38.0 Å². The number of aromatic nitrogens is 2.